The molecule has 1 aliphatic heterocycles. The summed E-state index contributed by atoms with van der Waals surface area (Å²) in [6.45, 7) is 5.64. The van der Waals surface area contributed by atoms with Gasteiger partial charge in [0.1, 0.15) is 0 Å². The van der Waals surface area contributed by atoms with Crippen molar-refractivity contribution < 1.29 is 13.2 Å². The number of hydrogen-bond acceptors (Lipinski definition) is 3. The number of sulfone groups is 1. The van der Waals surface area contributed by atoms with Gasteiger partial charge in [-0.05, 0) is 30.4 Å². The third-order valence-electron chi connectivity index (χ3n) is 3.67. The number of amides is 1. The van der Waals surface area contributed by atoms with Crippen molar-refractivity contribution in [2.24, 2.45) is 11.8 Å². The molecule has 0 saturated carbocycles. The highest BCUT2D eigenvalue weighted by Crippen LogP contribution is 2.24. The van der Waals surface area contributed by atoms with Crippen molar-refractivity contribution in [3.05, 3.63) is 29.8 Å². The van der Waals surface area contributed by atoms with Crippen LogP contribution in [0.3, 0.4) is 0 Å². The highest BCUT2D eigenvalue weighted by atomic mass is 32.2. The summed E-state index contributed by atoms with van der Waals surface area (Å²) >= 11 is 0. The lowest BCUT2D eigenvalue weighted by Gasteiger charge is -2.35. The molecule has 5 heteroatoms. The van der Waals surface area contributed by atoms with Crippen LogP contribution in [0.5, 0.6) is 0 Å². The minimum atomic E-state index is -3.39. The van der Waals surface area contributed by atoms with Crippen LogP contribution in [-0.4, -0.2) is 38.6 Å². The summed E-state index contributed by atoms with van der Waals surface area (Å²) in [6, 6.07) is 6.45. The van der Waals surface area contributed by atoms with E-state index in [1.54, 1.807) is 23.1 Å². The van der Waals surface area contributed by atoms with Crippen LogP contribution in [-0.2, 0) is 9.84 Å². The van der Waals surface area contributed by atoms with Crippen molar-refractivity contribution in [2.75, 3.05) is 19.3 Å². The van der Waals surface area contributed by atoms with Crippen LogP contribution in [0, 0.1) is 11.8 Å². The fourth-order valence-corrected chi connectivity index (χ4v) is 3.85. The lowest BCUT2D eigenvalue weighted by atomic mass is 9.91. The molecule has 1 aliphatic rings. The number of likely N-dealkylation sites (tertiary alicyclic amines) is 1. The second-order valence-electron chi connectivity index (χ2n) is 5.92. The normalized spacial score (nSPS) is 23.6. The number of benzene rings is 1. The molecular formula is C15H21NO3S. The van der Waals surface area contributed by atoms with E-state index < -0.39 is 9.84 Å². The van der Waals surface area contributed by atoms with Crippen LogP contribution >= 0.6 is 0 Å². The lowest BCUT2D eigenvalue weighted by molar-refractivity contribution is 0.0619. The van der Waals surface area contributed by atoms with E-state index in [9.17, 15) is 13.2 Å². The zero-order valence-corrected chi connectivity index (χ0v) is 13.0. The quantitative estimate of drug-likeness (QED) is 0.840. The molecule has 0 radical (unpaired) electrons. The molecule has 0 unspecified atom stereocenters. The molecular weight excluding hydrogens is 274 g/mol. The zero-order chi connectivity index (χ0) is 14.9. The summed E-state index contributed by atoms with van der Waals surface area (Å²) < 4.78 is 23.6. The molecule has 0 spiro atoms. The predicted molar refractivity (Wildman–Crippen MR) is 78.4 cm³/mol. The Bertz CT molecular complexity index is 599. The Kier molecular flexibility index (Phi) is 4.18. The van der Waals surface area contributed by atoms with Gasteiger partial charge in [0, 0.05) is 19.3 Å². The maximum absolute atomic E-state index is 12.6. The Balaban J connectivity index is 2.35. The van der Waals surface area contributed by atoms with Crippen LogP contribution in [0.1, 0.15) is 30.6 Å². The van der Waals surface area contributed by atoms with E-state index in [-0.39, 0.29) is 16.4 Å². The van der Waals surface area contributed by atoms with Gasteiger partial charge < -0.3 is 4.90 Å². The number of carbonyl (C=O) groups excluding carboxylic acids is 1. The number of carbonyl (C=O) groups is 1. The lowest BCUT2D eigenvalue weighted by Crippen LogP contribution is -2.42. The van der Waals surface area contributed by atoms with E-state index in [0.717, 1.165) is 12.7 Å². The molecule has 0 aliphatic carbocycles. The van der Waals surface area contributed by atoms with Crippen molar-refractivity contribution in [2.45, 2.75) is 25.2 Å². The molecule has 1 heterocycles. The summed E-state index contributed by atoms with van der Waals surface area (Å²) in [4.78, 5) is 14.5. The Labute approximate surface area is 120 Å². The third-order valence-corrected chi connectivity index (χ3v) is 4.83. The Morgan fingerprint density at radius 1 is 1.15 bits per heavy atom. The second kappa shape index (κ2) is 5.56. The van der Waals surface area contributed by atoms with Crippen LogP contribution in [0.4, 0.5) is 0 Å². The Morgan fingerprint density at radius 2 is 1.70 bits per heavy atom. The number of hydrogen-bond donors (Lipinski definition) is 0. The van der Waals surface area contributed by atoms with E-state index in [2.05, 4.69) is 13.8 Å². The SMILES string of the molecule is C[C@H]1C[C@H](C)CN(C(=O)c2ccccc2S(C)(=O)=O)C1. The topological polar surface area (TPSA) is 54.5 Å². The van der Waals surface area contributed by atoms with Crippen LogP contribution in [0.2, 0.25) is 0 Å². The Hall–Kier alpha value is -1.36. The highest BCUT2D eigenvalue weighted by molar-refractivity contribution is 7.90. The van der Waals surface area contributed by atoms with Gasteiger partial charge in [-0.1, -0.05) is 26.0 Å². The van der Waals surface area contributed by atoms with Gasteiger partial charge in [-0.15, -0.1) is 0 Å². The minimum absolute atomic E-state index is 0.121. The monoisotopic (exact) mass is 295 g/mol. The van der Waals surface area contributed by atoms with Crippen molar-refractivity contribution >= 4 is 15.7 Å². The van der Waals surface area contributed by atoms with E-state index >= 15 is 0 Å². The molecule has 1 amide bonds. The second-order valence-corrected chi connectivity index (χ2v) is 7.91. The zero-order valence-electron chi connectivity index (χ0n) is 12.2. The van der Waals surface area contributed by atoms with Gasteiger partial charge in [0.05, 0.1) is 10.5 Å². The third kappa shape index (κ3) is 3.20. The van der Waals surface area contributed by atoms with Gasteiger partial charge >= 0.3 is 0 Å². The summed E-state index contributed by atoms with van der Waals surface area (Å²) in [5.74, 6) is 0.727. The molecule has 1 aromatic carbocycles. The summed E-state index contributed by atoms with van der Waals surface area (Å²) in [5.41, 5.74) is 0.288. The highest BCUT2D eigenvalue weighted by Gasteiger charge is 2.28. The molecule has 2 atom stereocenters. The van der Waals surface area contributed by atoms with Gasteiger partial charge in [0.2, 0.25) is 0 Å². The molecule has 1 aromatic rings. The van der Waals surface area contributed by atoms with E-state index in [1.807, 2.05) is 0 Å². The predicted octanol–water partition coefficient (Wildman–Crippen LogP) is 2.21. The van der Waals surface area contributed by atoms with Gasteiger partial charge in [0.15, 0.2) is 9.84 Å². The first-order valence-electron chi connectivity index (χ1n) is 6.87. The molecule has 1 fully saturated rings. The van der Waals surface area contributed by atoms with Gasteiger partial charge in [-0.25, -0.2) is 8.42 Å². The van der Waals surface area contributed by atoms with E-state index in [4.69, 9.17) is 0 Å². The summed E-state index contributed by atoms with van der Waals surface area (Å²) in [7, 11) is -3.39. The van der Waals surface area contributed by atoms with Crippen molar-refractivity contribution in [3.63, 3.8) is 0 Å². The maximum atomic E-state index is 12.6. The first kappa shape index (κ1) is 15.0. The number of nitrogens with zero attached hydrogens (tertiary/aromatic N) is 1. The van der Waals surface area contributed by atoms with Crippen molar-refractivity contribution in [3.8, 4) is 0 Å². The van der Waals surface area contributed by atoms with Crippen LogP contribution < -0.4 is 0 Å². The molecule has 0 N–H and O–H groups in total. The van der Waals surface area contributed by atoms with Gasteiger partial charge in [-0.3, -0.25) is 4.79 Å². The van der Waals surface area contributed by atoms with Crippen molar-refractivity contribution in [1.82, 2.24) is 4.90 Å². The number of rotatable bonds is 2. The molecule has 20 heavy (non-hydrogen) atoms. The molecule has 2 rings (SSSR count). The molecule has 110 valence electrons. The summed E-state index contributed by atoms with van der Waals surface area (Å²) in [6.07, 6.45) is 2.25. The minimum Gasteiger partial charge on any atom is -0.338 e. The molecule has 0 aromatic heterocycles. The molecule has 0 bridgehead atoms. The largest absolute Gasteiger partial charge is 0.338 e. The first-order chi connectivity index (χ1) is 9.29. The smallest absolute Gasteiger partial charge is 0.255 e. The van der Waals surface area contributed by atoms with Crippen LogP contribution in [0.25, 0.3) is 0 Å². The number of piperidine rings is 1. The average Bonchev–Trinajstić information content (AvgIpc) is 2.35. The fourth-order valence-electron chi connectivity index (χ4n) is 2.97. The van der Waals surface area contributed by atoms with Crippen LogP contribution in [0.15, 0.2) is 29.2 Å². The van der Waals surface area contributed by atoms with E-state index in [0.29, 0.717) is 24.9 Å². The standard InChI is InChI=1S/C15H21NO3S/c1-11-8-12(2)10-16(9-11)15(17)13-6-4-5-7-14(13)20(3,18)19/h4-7,11-12H,8-10H2,1-3H3/t11-,12-/m0/s1. The first-order valence-corrected chi connectivity index (χ1v) is 8.76. The average molecular weight is 295 g/mol. The maximum Gasteiger partial charge on any atom is 0.255 e. The van der Waals surface area contributed by atoms with E-state index in [1.165, 1.54) is 6.07 Å². The Morgan fingerprint density at radius 3 is 2.25 bits per heavy atom. The molecule has 1 saturated heterocycles. The van der Waals surface area contributed by atoms with Gasteiger partial charge in [-0.2, -0.15) is 0 Å². The fraction of sp³-hybridized carbons (Fsp3) is 0.533. The van der Waals surface area contributed by atoms with Gasteiger partial charge in [0.25, 0.3) is 5.91 Å². The van der Waals surface area contributed by atoms with Crippen molar-refractivity contribution in [1.29, 1.82) is 0 Å². The summed E-state index contributed by atoms with van der Waals surface area (Å²) in [5, 5.41) is 0. The molecule has 4 nitrogen and oxygen atoms in total.